The van der Waals surface area contributed by atoms with Crippen LogP contribution in [0.4, 0.5) is 0 Å². The summed E-state index contributed by atoms with van der Waals surface area (Å²) in [6.07, 6.45) is 4.02. The Kier molecular flexibility index (Phi) is 4.83. The Balaban J connectivity index is 0.000000292. The Morgan fingerprint density at radius 1 is 1.36 bits per heavy atom. The van der Waals surface area contributed by atoms with Crippen LogP contribution in [-0.2, 0) is 10.3 Å². The van der Waals surface area contributed by atoms with E-state index in [0.29, 0.717) is 0 Å². The minimum atomic E-state index is 0.0660. The largest absolute Gasteiger partial charge is 0.351 e. The van der Waals surface area contributed by atoms with Gasteiger partial charge in [0.25, 0.3) is 0 Å². The van der Waals surface area contributed by atoms with Crippen LogP contribution in [0.15, 0.2) is 12.7 Å². The fraction of sp³-hybridized carbons (Fsp3) is 0.667. The monoisotopic (exact) mass is 198 g/mol. The highest BCUT2D eigenvalue weighted by molar-refractivity contribution is 5.45. The van der Waals surface area contributed by atoms with Gasteiger partial charge in [-0.1, -0.05) is 0 Å². The van der Waals surface area contributed by atoms with Gasteiger partial charge < -0.3 is 4.90 Å². The summed E-state index contributed by atoms with van der Waals surface area (Å²) in [5, 5.41) is 3.99. The molecule has 0 aromatic carbocycles. The number of carbonyl (C=O) groups is 1. The second-order valence-corrected chi connectivity index (χ2v) is 4.08. The predicted molar refractivity (Wildman–Crippen MR) is 54.8 cm³/mol. The quantitative estimate of drug-likeness (QED) is 0.625. The van der Waals surface area contributed by atoms with Crippen molar-refractivity contribution in [2.24, 2.45) is 0 Å². The molecular formula is C9H18N4O. The normalized spacial score (nSPS) is 10.1. The minimum Gasteiger partial charge on any atom is -0.351 e. The molecule has 5 nitrogen and oxygen atoms in total. The standard InChI is InChI=1S/C6H11N3.C3H7NO/c1-6(2,3)9-5-7-4-8-9;1-4(2)3-5/h4-5H,1-3H3;3H,1-2H3. The molecule has 0 N–H and O–H groups in total. The third kappa shape index (κ3) is 5.29. The summed E-state index contributed by atoms with van der Waals surface area (Å²) < 4.78 is 1.83. The van der Waals surface area contributed by atoms with Gasteiger partial charge in [0.15, 0.2) is 0 Å². The molecule has 0 bridgehead atoms. The third-order valence-electron chi connectivity index (χ3n) is 1.32. The molecule has 0 fully saturated rings. The zero-order chi connectivity index (χ0) is 11.2. The van der Waals surface area contributed by atoms with E-state index < -0.39 is 0 Å². The summed E-state index contributed by atoms with van der Waals surface area (Å²) in [6.45, 7) is 6.26. The molecule has 1 aromatic heterocycles. The molecule has 0 atom stereocenters. The van der Waals surface area contributed by atoms with Gasteiger partial charge in [0.1, 0.15) is 12.7 Å². The van der Waals surface area contributed by atoms with Gasteiger partial charge in [0, 0.05) is 14.1 Å². The first kappa shape index (κ1) is 12.6. The fourth-order valence-electron chi connectivity index (χ4n) is 0.555. The SMILES string of the molecule is CC(C)(C)n1cncn1.CN(C)C=O. The van der Waals surface area contributed by atoms with Crippen LogP contribution in [0, 0.1) is 0 Å². The molecule has 0 saturated heterocycles. The predicted octanol–water partition coefficient (Wildman–Crippen LogP) is 0.737. The summed E-state index contributed by atoms with van der Waals surface area (Å²) in [5.74, 6) is 0. The zero-order valence-corrected chi connectivity index (χ0v) is 9.43. The Labute approximate surface area is 84.7 Å². The number of rotatable bonds is 1. The van der Waals surface area contributed by atoms with Gasteiger partial charge in [0.2, 0.25) is 6.41 Å². The van der Waals surface area contributed by atoms with Gasteiger partial charge >= 0.3 is 0 Å². The number of aromatic nitrogens is 3. The molecule has 0 saturated carbocycles. The molecule has 1 aromatic rings. The number of hydrogen-bond donors (Lipinski definition) is 0. The number of nitrogens with zero attached hydrogens (tertiary/aromatic N) is 4. The van der Waals surface area contributed by atoms with E-state index in [1.54, 1.807) is 26.7 Å². The average molecular weight is 198 g/mol. The van der Waals surface area contributed by atoms with E-state index in [-0.39, 0.29) is 5.54 Å². The van der Waals surface area contributed by atoms with E-state index in [1.807, 2.05) is 4.68 Å². The Bertz CT molecular complexity index is 248. The van der Waals surface area contributed by atoms with E-state index in [1.165, 1.54) is 4.90 Å². The van der Waals surface area contributed by atoms with Crippen molar-refractivity contribution in [1.82, 2.24) is 19.7 Å². The van der Waals surface area contributed by atoms with Crippen LogP contribution in [0.1, 0.15) is 20.8 Å². The van der Waals surface area contributed by atoms with Crippen LogP contribution >= 0.6 is 0 Å². The van der Waals surface area contributed by atoms with E-state index in [2.05, 4.69) is 30.9 Å². The number of hydrogen-bond acceptors (Lipinski definition) is 3. The summed E-state index contributed by atoms with van der Waals surface area (Å²) >= 11 is 0. The molecule has 1 rings (SSSR count). The molecule has 80 valence electrons. The topological polar surface area (TPSA) is 51.0 Å². The van der Waals surface area contributed by atoms with Crippen molar-refractivity contribution in [2.45, 2.75) is 26.3 Å². The molecule has 0 radical (unpaired) electrons. The van der Waals surface area contributed by atoms with Gasteiger partial charge in [-0.15, -0.1) is 0 Å². The fourth-order valence-corrected chi connectivity index (χ4v) is 0.555. The molecule has 0 aliphatic rings. The highest BCUT2D eigenvalue weighted by Crippen LogP contribution is 2.08. The molecule has 5 heteroatoms. The summed E-state index contributed by atoms with van der Waals surface area (Å²) in [4.78, 5) is 14.7. The van der Waals surface area contributed by atoms with Gasteiger partial charge in [-0.05, 0) is 20.8 Å². The van der Waals surface area contributed by atoms with Crippen molar-refractivity contribution >= 4 is 6.41 Å². The van der Waals surface area contributed by atoms with Crippen molar-refractivity contribution in [3.63, 3.8) is 0 Å². The van der Waals surface area contributed by atoms with Crippen molar-refractivity contribution in [3.8, 4) is 0 Å². The average Bonchev–Trinajstić information content (AvgIpc) is 2.56. The molecule has 0 aliphatic carbocycles. The maximum atomic E-state index is 9.43. The number of carbonyl (C=O) groups excluding carboxylic acids is 1. The molecule has 1 heterocycles. The zero-order valence-electron chi connectivity index (χ0n) is 9.43. The first-order valence-corrected chi connectivity index (χ1v) is 4.34. The van der Waals surface area contributed by atoms with Gasteiger partial charge in [-0.3, -0.25) is 4.79 Å². The van der Waals surface area contributed by atoms with Crippen molar-refractivity contribution in [2.75, 3.05) is 14.1 Å². The lowest BCUT2D eigenvalue weighted by atomic mass is 10.1. The highest BCUT2D eigenvalue weighted by atomic mass is 16.1. The molecule has 1 amide bonds. The summed E-state index contributed by atoms with van der Waals surface area (Å²) in [6, 6.07) is 0. The van der Waals surface area contributed by atoms with Gasteiger partial charge in [0.05, 0.1) is 5.54 Å². The van der Waals surface area contributed by atoms with E-state index >= 15 is 0 Å². The van der Waals surface area contributed by atoms with Gasteiger partial charge in [-0.25, -0.2) is 9.67 Å². The van der Waals surface area contributed by atoms with Gasteiger partial charge in [-0.2, -0.15) is 5.10 Å². The van der Waals surface area contributed by atoms with Crippen LogP contribution in [0.2, 0.25) is 0 Å². The van der Waals surface area contributed by atoms with E-state index in [9.17, 15) is 4.79 Å². The van der Waals surface area contributed by atoms with Crippen molar-refractivity contribution < 1.29 is 4.79 Å². The van der Waals surface area contributed by atoms with Crippen molar-refractivity contribution in [3.05, 3.63) is 12.7 Å². The molecular weight excluding hydrogens is 180 g/mol. The van der Waals surface area contributed by atoms with Crippen LogP contribution in [0.25, 0.3) is 0 Å². The smallest absolute Gasteiger partial charge is 0.209 e. The van der Waals surface area contributed by atoms with Crippen LogP contribution in [-0.4, -0.2) is 40.2 Å². The van der Waals surface area contributed by atoms with E-state index in [0.717, 1.165) is 6.41 Å². The lowest BCUT2D eigenvalue weighted by Crippen LogP contribution is -2.21. The van der Waals surface area contributed by atoms with Crippen LogP contribution < -0.4 is 0 Å². The number of amides is 1. The molecule has 14 heavy (non-hydrogen) atoms. The maximum absolute atomic E-state index is 9.43. The molecule has 0 unspecified atom stereocenters. The minimum absolute atomic E-state index is 0.0660. The lowest BCUT2D eigenvalue weighted by molar-refractivity contribution is -0.115. The van der Waals surface area contributed by atoms with Crippen LogP contribution in [0.5, 0.6) is 0 Å². The highest BCUT2D eigenvalue weighted by Gasteiger charge is 2.11. The second kappa shape index (κ2) is 5.36. The maximum Gasteiger partial charge on any atom is 0.209 e. The first-order valence-electron chi connectivity index (χ1n) is 4.34. The summed E-state index contributed by atoms with van der Waals surface area (Å²) in [5.41, 5.74) is 0.0660. The first-order chi connectivity index (χ1) is 6.38. The molecule has 0 aliphatic heterocycles. The van der Waals surface area contributed by atoms with Crippen LogP contribution in [0.3, 0.4) is 0 Å². The Morgan fingerprint density at radius 2 is 1.86 bits per heavy atom. The second-order valence-electron chi connectivity index (χ2n) is 4.08. The Morgan fingerprint density at radius 3 is 2.00 bits per heavy atom. The lowest BCUT2D eigenvalue weighted by Gasteiger charge is -2.17. The van der Waals surface area contributed by atoms with E-state index in [4.69, 9.17) is 0 Å². The third-order valence-corrected chi connectivity index (χ3v) is 1.32. The molecule has 0 spiro atoms. The Hall–Kier alpha value is -1.39. The summed E-state index contributed by atoms with van der Waals surface area (Å²) in [7, 11) is 3.38. The van der Waals surface area contributed by atoms with Crippen molar-refractivity contribution in [1.29, 1.82) is 0 Å².